The lowest BCUT2D eigenvalue weighted by Crippen LogP contribution is -2.57. The van der Waals surface area contributed by atoms with E-state index >= 15 is 0 Å². The molecule has 1 aliphatic rings. The first-order chi connectivity index (χ1) is 14.2. The fourth-order valence-corrected chi connectivity index (χ4v) is 3.90. The van der Waals surface area contributed by atoms with E-state index in [1.54, 1.807) is 6.07 Å². The van der Waals surface area contributed by atoms with Gasteiger partial charge in [0.1, 0.15) is 5.69 Å². The van der Waals surface area contributed by atoms with Crippen molar-refractivity contribution in [3.63, 3.8) is 0 Å². The number of alkyl halides is 3. The first-order valence-electron chi connectivity index (χ1n) is 8.89. The van der Waals surface area contributed by atoms with E-state index in [4.69, 9.17) is 16.3 Å². The van der Waals surface area contributed by atoms with Crippen molar-refractivity contribution in [2.24, 2.45) is 0 Å². The minimum Gasteiger partial charge on any atom is -0.480 e. The number of hydrogen-bond donors (Lipinski definition) is 1. The molecule has 0 saturated carbocycles. The highest BCUT2D eigenvalue weighted by Gasteiger charge is 2.38. The van der Waals surface area contributed by atoms with E-state index < -0.39 is 30.3 Å². The number of benzene rings is 1. The molecule has 162 valence electrons. The van der Waals surface area contributed by atoms with Gasteiger partial charge in [-0.25, -0.2) is 4.98 Å². The SMILES string of the molecule is COc1nc(C(=O)N2CCN(c3ccc(Cl)cc3C(F)(F)F)CC2CO)ccc1Br. The maximum atomic E-state index is 13.5. The van der Waals surface area contributed by atoms with E-state index in [1.165, 1.54) is 35.1 Å². The Morgan fingerprint density at radius 3 is 2.70 bits per heavy atom. The Hall–Kier alpha value is -2.04. The number of rotatable bonds is 4. The molecule has 1 aromatic heterocycles. The van der Waals surface area contributed by atoms with Crippen LogP contribution in [0.4, 0.5) is 18.9 Å². The summed E-state index contributed by atoms with van der Waals surface area (Å²) >= 11 is 9.02. The molecule has 1 aliphatic heterocycles. The number of halogens is 5. The van der Waals surface area contributed by atoms with Crippen molar-refractivity contribution in [3.8, 4) is 5.88 Å². The molecule has 0 bridgehead atoms. The number of ether oxygens (including phenoxy) is 1. The van der Waals surface area contributed by atoms with Gasteiger partial charge in [-0.05, 0) is 46.3 Å². The van der Waals surface area contributed by atoms with E-state index in [2.05, 4.69) is 20.9 Å². The van der Waals surface area contributed by atoms with Gasteiger partial charge in [0.15, 0.2) is 0 Å². The van der Waals surface area contributed by atoms with E-state index in [0.29, 0.717) is 4.47 Å². The average molecular weight is 509 g/mol. The van der Waals surface area contributed by atoms with Crippen molar-refractivity contribution in [1.29, 1.82) is 0 Å². The Morgan fingerprint density at radius 2 is 2.07 bits per heavy atom. The lowest BCUT2D eigenvalue weighted by atomic mass is 10.1. The Morgan fingerprint density at radius 1 is 1.33 bits per heavy atom. The molecule has 1 unspecified atom stereocenters. The molecule has 1 fully saturated rings. The number of nitrogens with zero attached hydrogens (tertiary/aromatic N) is 3. The van der Waals surface area contributed by atoms with Gasteiger partial charge in [0.05, 0.1) is 29.8 Å². The van der Waals surface area contributed by atoms with Crippen LogP contribution < -0.4 is 9.64 Å². The molecule has 1 atom stereocenters. The minimum absolute atomic E-state index is 0.0196. The third-order valence-corrected chi connectivity index (χ3v) is 5.62. The fourth-order valence-electron chi connectivity index (χ4n) is 3.34. The molecule has 3 rings (SSSR count). The zero-order valence-electron chi connectivity index (χ0n) is 15.8. The van der Waals surface area contributed by atoms with Crippen LogP contribution in [0.1, 0.15) is 16.1 Å². The molecule has 0 spiro atoms. The third kappa shape index (κ3) is 4.65. The summed E-state index contributed by atoms with van der Waals surface area (Å²) in [5.74, 6) is -0.206. The van der Waals surface area contributed by atoms with Gasteiger partial charge in [-0.1, -0.05) is 11.6 Å². The highest BCUT2D eigenvalue weighted by atomic mass is 79.9. The van der Waals surface area contributed by atoms with Crippen LogP contribution in [0, 0.1) is 0 Å². The Balaban J connectivity index is 1.85. The molecular weight excluding hydrogens is 491 g/mol. The van der Waals surface area contributed by atoms with Gasteiger partial charge in [-0.15, -0.1) is 0 Å². The highest BCUT2D eigenvalue weighted by Crippen LogP contribution is 2.39. The number of aliphatic hydroxyl groups is 1. The quantitative estimate of drug-likeness (QED) is 0.680. The summed E-state index contributed by atoms with van der Waals surface area (Å²) in [6, 6.07) is 5.98. The van der Waals surface area contributed by atoms with Crippen LogP contribution in [0.25, 0.3) is 0 Å². The summed E-state index contributed by atoms with van der Waals surface area (Å²) in [5, 5.41) is 9.80. The van der Waals surface area contributed by atoms with Crippen LogP contribution in [-0.2, 0) is 6.18 Å². The van der Waals surface area contributed by atoms with Crippen molar-refractivity contribution >= 4 is 39.1 Å². The zero-order valence-corrected chi connectivity index (χ0v) is 18.1. The predicted octanol–water partition coefficient (Wildman–Crippen LogP) is 3.85. The Bertz CT molecular complexity index is 945. The number of carbonyl (C=O) groups excluding carboxylic acids is 1. The average Bonchev–Trinajstić information content (AvgIpc) is 2.72. The summed E-state index contributed by atoms with van der Waals surface area (Å²) in [5.41, 5.74) is -0.781. The number of anilines is 1. The molecule has 30 heavy (non-hydrogen) atoms. The molecule has 1 aromatic carbocycles. The molecule has 0 radical (unpaired) electrons. The van der Waals surface area contributed by atoms with Gasteiger partial charge in [0.2, 0.25) is 5.88 Å². The molecule has 1 saturated heterocycles. The molecule has 1 N–H and O–H groups in total. The van der Waals surface area contributed by atoms with Crippen LogP contribution in [0.5, 0.6) is 5.88 Å². The molecule has 6 nitrogen and oxygen atoms in total. The predicted molar refractivity (Wildman–Crippen MR) is 109 cm³/mol. The van der Waals surface area contributed by atoms with Crippen LogP contribution in [0.2, 0.25) is 5.02 Å². The largest absolute Gasteiger partial charge is 0.480 e. The summed E-state index contributed by atoms with van der Waals surface area (Å²) in [6.07, 6.45) is -4.58. The van der Waals surface area contributed by atoms with Gasteiger partial charge < -0.3 is 19.6 Å². The molecule has 1 amide bonds. The van der Waals surface area contributed by atoms with Crippen molar-refractivity contribution in [2.45, 2.75) is 12.2 Å². The lowest BCUT2D eigenvalue weighted by molar-refractivity contribution is -0.137. The monoisotopic (exact) mass is 507 g/mol. The maximum Gasteiger partial charge on any atom is 0.418 e. The number of amides is 1. The molecular formula is C19H18BrClF3N3O3. The lowest BCUT2D eigenvalue weighted by Gasteiger charge is -2.42. The zero-order chi connectivity index (χ0) is 22.1. The van der Waals surface area contributed by atoms with Crippen LogP contribution >= 0.6 is 27.5 Å². The van der Waals surface area contributed by atoms with Gasteiger partial charge in [0.25, 0.3) is 5.91 Å². The summed E-state index contributed by atoms with van der Waals surface area (Å²) in [4.78, 5) is 20.0. The third-order valence-electron chi connectivity index (χ3n) is 4.79. The van der Waals surface area contributed by atoms with E-state index in [1.807, 2.05) is 0 Å². The topological polar surface area (TPSA) is 65.9 Å². The number of methoxy groups -OCH3 is 1. The van der Waals surface area contributed by atoms with E-state index in [0.717, 1.165) is 6.07 Å². The summed E-state index contributed by atoms with van der Waals surface area (Å²) in [6.45, 7) is -0.115. The molecule has 2 aromatic rings. The first kappa shape index (κ1) is 22.6. The fraction of sp³-hybridized carbons (Fsp3) is 0.368. The Kier molecular flexibility index (Phi) is 6.78. The first-order valence-corrected chi connectivity index (χ1v) is 10.1. The number of carbonyl (C=O) groups is 1. The number of pyridine rings is 1. The second kappa shape index (κ2) is 8.99. The van der Waals surface area contributed by atoms with Gasteiger partial charge >= 0.3 is 6.18 Å². The van der Waals surface area contributed by atoms with Crippen molar-refractivity contribution < 1.29 is 27.8 Å². The summed E-state index contributed by atoms with van der Waals surface area (Å²) in [7, 11) is 1.42. The summed E-state index contributed by atoms with van der Waals surface area (Å²) < 4.78 is 46.1. The number of aromatic nitrogens is 1. The minimum atomic E-state index is -4.58. The highest BCUT2D eigenvalue weighted by molar-refractivity contribution is 9.10. The smallest absolute Gasteiger partial charge is 0.418 e. The van der Waals surface area contributed by atoms with E-state index in [-0.39, 0.29) is 41.9 Å². The van der Waals surface area contributed by atoms with Crippen molar-refractivity contribution in [1.82, 2.24) is 9.88 Å². The van der Waals surface area contributed by atoms with Gasteiger partial charge in [-0.2, -0.15) is 13.2 Å². The maximum absolute atomic E-state index is 13.5. The Labute approximate surface area is 184 Å². The molecule has 2 heterocycles. The van der Waals surface area contributed by atoms with Crippen LogP contribution in [-0.4, -0.2) is 60.3 Å². The van der Waals surface area contributed by atoms with Crippen molar-refractivity contribution in [3.05, 3.63) is 51.1 Å². The number of hydrogen-bond acceptors (Lipinski definition) is 5. The second-order valence-corrected chi connectivity index (χ2v) is 7.92. The van der Waals surface area contributed by atoms with Crippen molar-refractivity contribution in [2.75, 3.05) is 38.3 Å². The standard InChI is InChI=1S/C19H18BrClF3N3O3/c1-30-17-14(20)3-4-15(25-17)18(29)27-7-6-26(9-12(27)10-28)16-5-2-11(21)8-13(16)19(22,23)24/h2-5,8,12,28H,6-7,9-10H2,1H3. The van der Waals surface area contributed by atoms with E-state index in [9.17, 15) is 23.1 Å². The number of piperazine rings is 1. The molecule has 0 aliphatic carbocycles. The van der Waals surface area contributed by atoms with Crippen LogP contribution in [0.15, 0.2) is 34.8 Å². The number of aliphatic hydroxyl groups excluding tert-OH is 1. The second-order valence-electron chi connectivity index (χ2n) is 6.63. The van der Waals surface area contributed by atoms with Crippen LogP contribution in [0.3, 0.4) is 0 Å². The molecule has 11 heteroatoms. The van der Waals surface area contributed by atoms with Gasteiger partial charge in [0, 0.05) is 30.3 Å². The van der Waals surface area contributed by atoms with Gasteiger partial charge in [-0.3, -0.25) is 4.79 Å². The normalized spacial score (nSPS) is 17.2.